The number of hydrogen-bond donors (Lipinski definition) is 1. The smallest absolute Gasteiger partial charge is 0.124 e. The maximum atomic E-state index is 12.9. The van der Waals surface area contributed by atoms with Crippen molar-refractivity contribution in [3.8, 4) is 5.75 Å². The molecule has 0 saturated heterocycles. The highest BCUT2D eigenvalue weighted by molar-refractivity contribution is 6.31. The summed E-state index contributed by atoms with van der Waals surface area (Å²) in [7, 11) is 0. The highest BCUT2D eigenvalue weighted by Gasteiger charge is 2.04. The van der Waals surface area contributed by atoms with Crippen molar-refractivity contribution in [3.05, 3.63) is 64.4 Å². The van der Waals surface area contributed by atoms with Crippen LogP contribution < -0.4 is 4.74 Å². The molecule has 2 aromatic carbocycles. The number of aliphatic hydroxyl groups is 1. The largest absolute Gasteiger partial charge is 0.489 e. The molecule has 2 aromatic rings. The van der Waals surface area contributed by atoms with E-state index >= 15 is 0 Å². The van der Waals surface area contributed by atoms with E-state index in [2.05, 4.69) is 0 Å². The fraction of sp³-hybridized carbons (Fsp3) is 0.200. The lowest BCUT2D eigenvalue weighted by atomic mass is 10.1. The van der Waals surface area contributed by atoms with Crippen LogP contribution in [0.1, 0.15) is 24.2 Å². The van der Waals surface area contributed by atoms with E-state index in [1.165, 1.54) is 12.1 Å². The van der Waals surface area contributed by atoms with Crippen molar-refractivity contribution in [1.82, 2.24) is 0 Å². The van der Waals surface area contributed by atoms with Crippen LogP contribution in [0.5, 0.6) is 5.75 Å². The number of hydrogen-bond acceptors (Lipinski definition) is 2. The topological polar surface area (TPSA) is 29.5 Å². The van der Waals surface area contributed by atoms with Gasteiger partial charge in [-0.3, -0.25) is 0 Å². The summed E-state index contributed by atoms with van der Waals surface area (Å²) in [4.78, 5) is 0. The Labute approximate surface area is 116 Å². The van der Waals surface area contributed by atoms with Gasteiger partial charge in [0.1, 0.15) is 18.2 Å². The predicted octanol–water partition coefficient (Wildman–Crippen LogP) is 4.11. The Morgan fingerprint density at radius 3 is 2.47 bits per heavy atom. The molecule has 0 fully saturated rings. The summed E-state index contributed by atoms with van der Waals surface area (Å²) in [6.45, 7) is 1.97. The van der Waals surface area contributed by atoms with E-state index in [4.69, 9.17) is 16.3 Å². The Morgan fingerprint density at radius 2 is 1.89 bits per heavy atom. The minimum atomic E-state index is -0.499. The summed E-state index contributed by atoms with van der Waals surface area (Å²) < 4.78 is 18.4. The van der Waals surface area contributed by atoms with E-state index in [1.54, 1.807) is 37.3 Å². The molecule has 1 unspecified atom stereocenters. The van der Waals surface area contributed by atoms with Crippen LogP contribution in [0.4, 0.5) is 4.39 Å². The van der Waals surface area contributed by atoms with E-state index in [-0.39, 0.29) is 12.4 Å². The second kappa shape index (κ2) is 6.04. The molecule has 0 amide bonds. The van der Waals surface area contributed by atoms with E-state index in [9.17, 15) is 9.50 Å². The molecule has 1 atom stereocenters. The molecule has 0 spiro atoms. The summed E-state index contributed by atoms with van der Waals surface area (Å²) in [5.41, 5.74) is 1.55. The molecule has 100 valence electrons. The number of rotatable bonds is 4. The van der Waals surface area contributed by atoms with Gasteiger partial charge in [0, 0.05) is 5.56 Å². The summed E-state index contributed by atoms with van der Waals surface area (Å²) in [6.07, 6.45) is -0.499. The number of aliphatic hydroxyl groups excluding tert-OH is 1. The minimum absolute atomic E-state index is 0.271. The minimum Gasteiger partial charge on any atom is -0.489 e. The monoisotopic (exact) mass is 280 g/mol. The first kappa shape index (κ1) is 13.8. The van der Waals surface area contributed by atoms with E-state index < -0.39 is 6.10 Å². The van der Waals surface area contributed by atoms with E-state index in [0.29, 0.717) is 10.8 Å². The second-order valence-electron chi connectivity index (χ2n) is 4.27. The molecular formula is C15H14ClFO2. The standard InChI is InChI=1S/C15H14ClFO2/c1-10(18)11-3-6-14(7-4-11)19-9-12-2-5-13(17)8-15(12)16/h2-8,10,18H,9H2,1H3. The zero-order chi connectivity index (χ0) is 13.8. The fourth-order valence-electron chi connectivity index (χ4n) is 1.64. The van der Waals surface area contributed by atoms with Gasteiger partial charge < -0.3 is 9.84 Å². The lowest BCUT2D eigenvalue weighted by Crippen LogP contribution is -1.97. The zero-order valence-electron chi connectivity index (χ0n) is 10.4. The van der Waals surface area contributed by atoms with Crippen LogP contribution in [0.15, 0.2) is 42.5 Å². The molecule has 0 aliphatic heterocycles. The van der Waals surface area contributed by atoms with Gasteiger partial charge in [-0.1, -0.05) is 29.8 Å². The van der Waals surface area contributed by atoms with Crippen molar-refractivity contribution in [1.29, 1.82) is 0 Å². The molecule has 0 radical (unpaired) electrons. The molecule has 2 rings (SSSR count). The lowest BCUT2D eigenvalue weighted by Gasteiger charge is -2.09. The Hall–Kier alpha value is -1.58. The molecule has 4 heteroatoms. The SMILES string of the molecule is CC(O)c1ccc(OCc2ccc(F)cc2Cl)cc1. The average Bonchev–Trinajstić information content (AvgIpc) is 2.38. The first-order chi connectivity index (χ1) is 9.06. The van der Waals surface area contributed by atoms with Crippen LogP contribution in [-0.4, -0.2) is 5.11 Å². The molecule has 0 aromatic heterocycles. The molecule has 1 N–H and O–H groups in total. The second-order valence-corrected chi connectivity index (χ2v) is 4.68. The number of benzene rings is 2. The zero-order valence-corrected chi connectivity index (χ0v) is 11.2. The van der Waals surface area contributed by atoms with Crippen LogP contribution in [0.2, 0.25) is 5.02 Å². The van der Waals surface area contributed by atoms with Crippen LogP contribution in [0.25, 0.3) is 0 Å². The molecule has 0 aliphatic rings. The number of halogens is 2. The van der Waals surface area contributed by atoms with Crippen molar-refractivity contribution < 1.29 is 14.2 Å². The molecule has 0 heterocycles. The van der Waals surface area contributed by atoms with Crippen molar-refractivity contribution in [3.63, 3.8) is 0 Å². The normalized spacial score (nSPS) is 12.2. The number of ether oxygens (including phenoxy) is 1. The van der Waals surface area contributed by atoms with Crippen LogP contribution in [0, 0.1) is 5.82 Å². The molecule has 0 bridgehead atoms. The lowest BCUT2D eigenvalue weighted by molar-refractivity contribution is 0.199. The van der Waals surface area contributed by atoms with Gasteiger partial charge in [-0.15, -0.1) is 0 Å². The summed E-state index contributed by atoms with van der Waals surface area (Å²) >= 11 is 5.91. The Balaban J connectivity index is 2.02. The van der Waals surface area contributed by atoms with Gasteiger partial charge >= 0.3 is 0 Å². The highest BCUT2D eigenvalue weighted by Crippen LogP contribution is 2.21. The fourth-order valence-corrected chi connectivity index (χ4v) is 1.86. The van der Waals surface area contributed by atoms with E-state index in [0.717, 1.165) is 11.1 Å². The van der Waals surface area contributed by atoms with Crippen LogP contribution in [-0.2, 0) is 6.61 Å². The first-order valence-electron chi connectivity index (χ1n) is 5.91. The third-order valence-electron chi connectivity index (χ3n) is 2.77. The van der Waals surface area contributed by atoms with Gasteiger partial charge in [0.25, 0.3) is 0 Å². The summed E-state index contributed by atoms with van der Waals surface area (Å²) in [6, 6.07) is 11.4. The molecule has 0 saturated carbocycles. The van der Waals surface area contributed by atoms with Crippen molar-refractivity contribution in [2.45, 2.75) is 19.6 Å². The predicted molar refractivity (Wildman–Crippen MR) is 72.8 cm³/mol. The molecule has 19 heavy (non-hydrogen) atoms. The van der Waals surface area contributed by atoms with Gasteiger partial charge in [-0.2, -0.15) is 0 Å². The quantitative estimate of drug-likeness (QED) is 0.913. The van der Waals surface area contributed by atoms with E-state index in [1.807, 2.05) is 0 Å². The Kier molecular flexibility index (Phi) is 4.40. The maximum Gasteiger partial charge on any atom is 0.124 e. The van der Waals surface area contributed by atoms with Crippen molar-refractivity contribution in [2.24, 2.45) is 0 Å². The average molecular weight is 281 g/mol. The van der Waals surface area contributed by atoms with Gasteiger partial charge in [0.15, 0.2) is 0 Å². The Morgan fingerprint density at radius 1 is 1.21 bits per heavy atom. The third-order valence-corrected chi connectivity index (χ3v) is 3.12. The van der Waals surface area contributed by atoms with Crippen LogP contribution >= 0.6 is 11.6 Å². The van der Waals surface area contributed by atoms with Crippen molar-refractivity contribution >= 4 is 11.6 Å². The summed E-state index contributed by atoms with van der Waals surface area (Å²) in [5.74, 6) is 0.305. The molecule has 0 aliphatic carbocycles. The molecular weight excluding hydrogens is 267 g/mol. The summed E-state index contributed by atoms with van der Waals surface area (Å²) in [5, 5.41) is 9.74. The molecule has 2 nitrogen and oxygen atoms in total. The van der Waals surface area contributed by atoms with Gasteiger partial charge in [0.05, 0.1) is 11.1 Å². The van der Waals surface area contributed by atoms with Crippen LogP contribution in [0.3, 0.4) is 0 Å². The Bertz CT molecular complexity index is 553. The first-order valence-corrected chi connectivity index (χ1v) is 6.29. The van der Waals surface area contributed by atoms with Crippen molar-refractivity contribution in [2.75, 3.05) is 0 Å². The highest BCUT2D eigenvalue weighted by atomic mass is 35.5. The van der Waals surface area contributed by atoms with Gasteiger partial charge in [-0.25, -0.2) is 4.39 Å². The maximum absolute atomic E-state index is 12.9. The third kappa shape index (κ3) is 3.69. The van der Waals surface area contributed by atoms with Gasteiger partial charge in [-0.05, 0) is 36.8 Å². The van der Waals surface area contributed by atoms with Gasteiger partial charge in [0.2, 0.25) is 0 Å².